The highest BCUT2D eigenvalue weighted by molar-refractivity contribution is 5.66. The summed E-state index contributed by atoms with van der Waals surface area (Å²) in [6, 6.07) is 0.703. The summed E-state index contributed by atoms with van der Waals surface area (Å²) in [6.07, 6.45) is 6.14. The Hall–Kier alpha value is -0.570. The van der Waals surface area contributed by atoms with Gasteiger partial charge < -0.3 is 10.0 Å². The van der Waals surface area contributed by atoms with Gasteiger partial charge in [0.05, 0.1) is 0 Å². The number of carboxylic acids is 1. The summed E-state index contributed by atoms with van der Waals surface area (Å²) >= 11 is 0. The maximum atomic E-state index is 10.6. The van der Waals surface area contributed by atoms with Crippen LogP contribution in [0, 0.1) is 11.8 Å². The van der Waals surface area contributed by atoms with Crippen molar-refractivity contribution < 1.29 is 9.90 Å². The van der Waals surface area contributed by atoms with E-state index >= 15 is 0 Å². The topological polar surface area (TPSA) is 40.5 Å². The molecule has 0 aromatic carbocycles. The van der Waals surface area contributed by atoms with Crippen LogP contribution >= 0.6 is 0 Å². The zero-order valence-electron chi connectivity index (χ0n) is 12.2. The van der Waals surface area contributed by atoms with Gasteiger partial charge in [0.15, 0.2) is 0 Å². The Balaban J connectivity index is 2.36. The van der Waals surface area contributed by atoms with E-state index in [1.54, 1.807) is 0 Å². The van der Waals surface area contributed by atoms with Gasteiger partial charge in [-0.3, -0.25) is 4.79 Å². The van der Waals surface area contributed by atoms with Gasteiger partial charge in [0.25, 0.3) is 0 Å². The Kier molecular flexibility index (Phi) is 6.69. The molecule has 0 saturated carbocycles. The molecule has 0 aromatic heterocycles. The SMILES string of the molecule is CCC(C)CC(CC)N1CCC(CCC(=O)O)C1. The van der Waals surface area contributed by atoms with Crippen molar-refractivity contribution in [3.8, 4) is 0 Å². The van der Waals surface area contributed by atoms with Crippen LogP contribution in [0.1, 0.15) is 59.3 Å². The van der Waals surface area contributed by atoms with Gasteiger partial charge >= 0.3 is 5.97 Å². The second-order valence-electron chi connectivity index (χ2n) is 5.89. The molecule has 3 heteroatoms. The lowest BCUT2D eigenvalue weighted by atomic mass is 9.96. The number of hydrogen-bond acceptors (Lipinski definition) is 2. The van der Waals surface area contributed by atoms with Crippen molar-refractivity contribution in [2.24, 2.45) is 11.8 Å². The molecular formula is C15H29NO2. The van der Waals surface area contributed by atoms with Gasteiger partial charge in [-0.05, 0) is 44.1 Å². The Bertz CT molecular complexity index is 255. The normalized spacial score (nSPS) is 24.1. The predicted molar refractivity (Wildman–Crippen MR) is 74.7 cm³/mol. The van der Waals surface area contributed by atoms with Crippen LogP contribution in [0.2, 0.25) is 0 Å². The van der Waals surface area contributed by atoms with Gasteiger partial charge in [-0.1, -0.05) is 27.2 Å². The second-order valence-corrected chi connectivity index (χ2v) is 5.89. The van der Waals surface area contributed by atoms with E-state index in [1.165, 1.54) is 32.2 Å². The zero-order chi connectivity index (χ0) is 13.5. The summed E-state index contributed by atoms with van der Waals surface area (Å²) in [5, 5.41) is 8.73. The molecule has 0 spiro atoms. The molecule has 0 aromatic rings. The highest BCUT2D eigenvalue weighted by Gasteiger charge is 2.28. The van der Waals surface area contributed by atoms with E-state index < -0.39 is 5.97 Å². The molecule has 3 nitrogen and oxygen atoms in total. The third-order valence-corrected chi connectivity index (χ3v) is 4.44. The number of aliphatic carboxylic acids is 1. The molecule has 0 radical (unpaired) electrons. The summed E-state index contributed by atoms with van der Waals surface area (Å²) in [5.74, 6) is 0.750. The second kappa shape index (κ2) is 7.78. The predicted octanol–water partition coefficient (Wildman–Crippen LogP) is 3.39. The van der Waals surface area contributed by atoms with E-state index in [9.17, 15) is 4.79 Å². The molecule has 1 fully saturated rings. The van der Waals surface area contributed by atoms with E-state index in [2.05, 4.69) is 25.7 Å². The van der Waals surface area contributed by atoms with Crippen LogP contribution in [0.5, 0.6) is 0 Å². The molecular weight excluding hydrogens is 226 g/mol. The van der Waals surface area contributed by atoms with Crippen LogP contribution in [0.3, 0.4) is 0 Å². The Morgan fingerprint density at radius 3 is 2.67 bits per heavy atom. The van der Waals surface area contributed by atoms with Crippen molar-refractivity contribution >= 4 is 5.97 Å². The average molecular weight is 255 g/mol. The first-order valence-corrected chi connectivity index (χ1v) is 7.52. The first-order chi connectivity index (χ1) is 8.56. The fourth-order valence-electron chi connectivity index (χ4n) is 2.96. The molecule has 106 valence electrons. The number of nitrogens with zero attached hydrogens (tertiary/aromatic N) is 1. The van der Waals surface area contributed by atoms with Crippen LogP contribution in [0.25, 0.3) is 0 Å². The largest absolute Gasteiger partial charge is 0.481 e. The molecule has 1 aliphatic heterocycles. The van der Waals surface area contributed by atoms with Crippen LogP contribution in [0.15, 0.2) is 0 Å². The van der Waals surface area contributed by atoms with Crippen molar-refractivity contribution in [1.82, 2.24) is 4.90 Å². The van der Waals surface area contributed by atoms with E-state index in [0.29, 0.717) is 18.4 Å². The Morgan fingerprint density at radius 1 is 1.39 bits per heavy atom. The maximum absolute atomic E-state index is 10.6. The summed E-state index contributed by atoms with van der Waals surface area (Å²) in [5.41, 5.74) is 0. The summed E-state index contributed by atoms with van der Waals surface area (Å²) in [6.45, 7) is 9.15. The zero-order valence-corrected chi connectivity index (χ0v) is 12.2. The summed E-state index contributed by atoms with van der Waals surface area (Å²) in [4.78, 5) is 13.2. The lowest BCUT2D eigenvalue weighted by Gasteiger charge is -2.29. The minimum absolute atomic E-state index is 0.334. The fourth-order valence-corrected chi connectivity index (χ4v) is 2.96. The molecule has 0 bridgehead atoms. The van der Waals surface area contributed by atoms with E-state index in [4.69, 9.17) is 5.11 Å². The minimum Gasteiger partial charge on any atom is -0.481 e. The Morgan fingerprint density at radius 2 is 2.11 bits per heavy atom. The van der Waals surface area contributed by atoms with Crippen LogP contribution in [-0.4, -0.2) is 35.1 Å². The molecule has 0 aliphatic carbocycles. The molecule has 1 rings (SSSR count). The number of rotatable bonds is 8. The maximum Gasteiger partial charge on any atom is 0.303 e. The minimum atomic E-state index is -0.653. The first kappa shape index (κ1) is 15.5. The van der Waals surface area contributed by atoms with Gasteiger partial charge in [-0.2, -0.15) is 0 Å². The van der Waals surface area contributed by atoms with Gasteiger partial charge in [-0.15, -0.1) is 0 Å². The van der Waals surface area contributed by atoms with Crippen molar-refractivity contribution in [2.45, 2.75) is 65.3 Å². The summed E-state index contributed by atoms with van der Waals surface area (Å²) < 4.78 is 0. The molecule has 0 amide bonds. The first-order valence-electron chi connectivity index (χ1n) is 7.52. The van der Waals surface area contributed by atoms with Gasteiger partial charge in [0.2, 0.25) is 0 Å². The number of likely N-dealkylation sites (tertiary alicyclic amines) is 1. The molecule has 1 saturated heterocycles. The molecule has 1 aliphatic rings. The van der Waals surface area contributed by atoms with E-state index in [0.717, 1.165) is 18.9 Å². The smallest absolute Gasteiger partial charge is 0.303 e. The fraction of sp³-hybridized carbons (Fsp3) is 0.933. The van der Waals surface area contributed by atoms with Crippen LogP contribution < -0.4 is 0 Å². The van der Waals surface area contributed by atoms with E-state index in [1.807, 2.05) is 0 Å². The van der Waals surface area contributed by atoms with Crippen LogP contribution in [-0.2, 0) is 4.79 Å². The van der Waals surface area contributed by atoms with Gasteiger partial charge in [0.1, 0.15) is 0 Å². The third-order valence-electron chi connectivity index (χ3n) is 4.44. The summed E-state index contributed by atoms with van der Waals surface area (Å²) in [7, 11) is 0. The lowest BCUT2D eigenvalue weighted by molar-refractivity contribution is -0.137. The molecule has 3 atom stereocenters. The third kappa shape index (κ3) is 4.97. The monoisotopic (exact) mass is 255 g/mol. The van der Waals surface area contributed by atoms with Crippen molar-refractivity contribution in [2.75, 3.05) is 13.1 Å². The lowest BCUT2D eigenvalue weighted by Crippen LogP contribution is -2.34. The molecule has 1 N–H and O–H groups in total. The van der Waals surface area contributed by atoms with Crippen molar-refractivity contribution in [1.29, 1.82) is 0 Å². The molecule has 18 heavy (non-hydrogen) atoms. The standard InChI is InChI=1S/C15H29NO2/c1-4-12(3)10-14(5-2)16-9-8-13(11-16)6-7-15(17)18/h12-14H,4-11H2,1-3H3,(H,17,18). The van der Waals surface area contributed by atoms with Crippen LogP contribution in [0.4, 0.5) is 0 Å². The number of carbonyl (C=O) groups is 1. The van der Waals surface area contributed by atoms with Gasteiger partial charge in [0, 0.05) is 19.0 Å². The quantitative estimate of drug-likeness (QED) is 0.722. The number of carboxylic acid groups (broad SMARTS) is 1. The molecule has 3 unspecified atom stereocenters. The Labute approximate surface area is 112 Å². The van der Waals surface area contributed by atoms with Crippen molar-refractivity contribution in [3.63, 3.8) is 0 Å². The molecule has 1 heterocycles. The number of hydrogen-bond donors (Lipinski definition) is 1. The average Bonchev–Trinajstić information content (AvgIpc) is 2.81. The highest BCUT2D eigenvalue weighted by Crippen LogP contribution is 2.26. The van der Waals surface area contributed by atoms with Crippen molar-refractivity contribution in [3.05, 3.63) is 0 Å². The van der Waals surface area contributed by atoms with E-state index in [-0.39, 0.29) is 0 Å². The van der Waals surface area contributed by atoms with Gasteiger partial charge in [-0.25, -0.2) is 0 Å². The highest BCUT2D eigenvalue weighted by atomic mass is 16.4.